The molecule has 1 aliphatic rings. The molecule has 0 unspecified atom stereocenters. The maximum Gasteiger partial charge on any atom is 0.416 e. The van der Waals surface area contributed by atoms with E-state index >= 15 is 0 Å². The second-order valence-corrected chi connectivity index (χ2v) is 6.88. The lowest BCUT2D eigenvalue weighted by molar-refractivity contribution is -0.137. The van der Waals surface area contributed by atoms with Gasteiger partial charge in [-0.15, -0.1) is 0 Å². The third-order valence-corrected chi connectivity index (χ3v) is 4.85. The van der Waals surface area contributed by atoms with Crippen molar-refractivity contribution in [3.63, 3.8) is 0 Å². The second-order valence-electron chi connectivity index (χ2n) is 6.47. The molecular formula is C21H11ClF3NO4. The van der Waals surface area contributed by atoms with Crippen molar-refractivity contribution < 1.29 is 32.3 Å². The molecule has 0 radical (unpaired) electrons. The highest BCUT2D eigenvalue weighted by molar-refractivity contribution is 6.35. The minimum absolute atomic E-state index is 0.0663. The van der Waals surface area contributed by atoms with Gasteiger partial charge in [0.1, 0.15) is 11.5 Å². The summed E-state index contributed by atoms with van der Waals surface area (Å²) in [4.78, 5) is 23.5. The third kappa shape index (κ3) is 3.57. The summed E-state index contributed by atoms with van der Waals surface area (Å²) in [7, 11) is 0. The maximum absolute atomic E-state index is 12.9. The van der Waals surface area contributed by atoms with Crippen LogP contribution in [0.4, 0.5) is 18.9 Å². The number of alkyl halides is 3. The van der Waals surface area contributed by atoms with E-state index in [-0.39, 0.29) is 27.6 Å². The lowest BCUT2D eigenvalue weighted by atomic mass is 10.0. The number of halogens is 4. The summed E-state index contributed by atoms with van der Waals surface area (Å²) >= 11 is 5.86. The van der Waals surface area contributed by atoms with Gasteiger partial charge in [0.15, 0.2) is 0 Å². The van der Waals surface area contributed by atoms with Crippen molar-refractivity contribution in [2.45, 2.75) is 6.18 Å². The van der Waals surface area contributed by atoms with E-state index in [2.05, 4.69) is 5.32 Å². The number of aromatic carboxylic acids is 1. The number of hydrogen-bond donors (Lipinski definition) is 2. The molecule has 1 aliphatic heterocycles. The smallest absolute Gasteiger partial charge is 0.416 e. The van der Waals surface area contributed by atoms with Crippen LogP contribution >= 0.6 is 11.6 Å². The first kappa shape index (κ1) is 19.8. The van der Waals surface area contributed by atoms with Crippen LogP contribution < -0.4 is 5.32 Å². The summed E-state index contributed by atoms with van der Waals surface area (Å²) in [6.45, 7) is 0. The minimum atomic E-state index is -4.52. The van der Waals surface area contributed by atoms with Crippen LogP contribution in [0.5, 0.6) is 0 Å². The molecule has 0 saturated carbocycles. The van der Waals surface area contributed by atoms with E-state index in [4.69, 9.17) is 16.0 Å². The van der Waals surface area contributed by atoms with Crippen molar-refractivity contribution in [2.24, 2.45) is 0 Å². The summed E-state index contributed by atoms with van der Waals surface area (Å²) in [5, 5.41) is 11.7. The predicted molar refractivity (Wildman–Crippen MR) is 104 cm³/mol. The van der Waals surface area contributed by atoms with Crippen LogP contribution in [0.3, 0.4) is 0 Å². The molecule has 2 heterocycles. The molecule has 0 aliphatic carbocycles. The van der Waals surface area contributed by atoms with Gasteiger partial charge < -0.3 is 14.8 Å². The van der Waals surface area contributed by atoms with Gasteiger partial charge in [0, 0.05) is 16.8 Å². The Balaban J connectivity index is 1.68. The van der Waals surface area contributed by atoms with Crippen molar-refractivity contribution in [3.8, 4) is 11.3 Å². The molecule has 0 bridgehead atoms. The molecule has 4 rings (SSSR count). The summed E-state index contributed by atoms with van der Waals surface area (Å²) in [5.41, 5.74) is 0.0619. The molecule has 0 spiro atoms. The SMILES string of the molecule is O=C1Nc2cc(C(F)(F)F)ccc2/C1=C\c1ccc(-c2ccc(Cl)c(C(=O)O)c2)o1. The summed E-state index contributed by atoms with van der Waals surface area (Å²) in [5.74, 6) is -1.13. The third-order valence-electron chi connectivity index (χ3n) is 4.52. The number of furan rings is 1. The van der Waals surface area contributed by atoms with Crippen LogP contribution in [-0.2, 0) is 11.0 Å². The molecular weight excluding hydrogens is 423 g/mol. The number of hydrogen-bond acceptors (Lipinski definition) is 3. The van der Waals surface area contributed by atoms with Gasteiger partial charge in [-0.2, -0.15) is 13.2 Å². The van der Waals surface area contributed by atoms with Gasteiger partial charge in [-0.25, -0.2) is 4.79 Å². The maximum atomic E-state index is 12.9. The number of fused-ring (bicyclic) bond motifs is 1. The molecule has 1 amide bonds. The fraction of sp³-hybridized carbons (Fsp3) is 0.0476. The number of carbonyl (C=O) groups excluding carboxylic acids is 1. The Morgan fingerprint density at radius 1 is 1.10 bits per heavy atom. The average Bonchev–Trinajstić information content (AvgIpc) is 3.26. The van der Waals surface area contributed by atoms with Gasteiger partial charge >= 0.3 is 12.1 Å². The Morgan fingerprint density at radius 2 is 1.87 bits per heavy atom. The summed E-state index contributed by atoms with van der Waals surface area (Å²) in [6.07, 6.45) is -3.11. The Bertz CT molecular complexity index is 1230. The number of benzene rings is 2. The van der Waals surface area contributed by atoms with Gasteiger partial charge in [0.05, 0.1) is 21.7 Å². The van der Waals surface area contributed by atoms with Gasteiger partial charge in [-0.3, -0.25) is 4.79 Å². The van der Waals surface area contributed by atoms with E-state index in [1.54, 1.807) is 18.2 Å². The number of carboxylic acid groups (broad SMARTS) is 1. The highest BCUT2D eigenvalue weighted by atomic mass is 35.5. The Kier molecular flexibility index (Phi) is 4.66. The van der Waals surface area contributed by atoms with Crippen LogP contribution in [-0.4, -0.2) is 17.0 Å². The van der Waals surface area contributed by atoms with E-state index in [1.165, 1.54) is 24.3 Å². The Labute approximate surface area is 172 Å². The molecule has 0 saturated heterocycles. The number of rotatable bonds is 3. The van der Waals surface area contributed by atoms with Gasteiger partial charge in [-0.05, 0) is 48.5 Å². The first-order chi connectivity index (χ1) is 14.1. The zero-order valence-electron chi connectivity index (χ0n) is 14.9. The van der Waals surface area contributed by atoms with E-state index in [1.807, 2.05) is 0 Å². The Morgan fingerprint density at radius 3 is 2.57 bits per heavy atom. The predicted octanol–water partition coefficient (Wildman–Crippen LogP) is 5.81. The molecule has 0 fully saturated rings. The topological polar surface area (TPSA) is 79.5 Å². The van der Waals surface area contributed by atoms with Crippen LogP contribution in [0.15, 0.2) is 52.9 Å². The molecule has 30 heavy (non-hydrogen) atoms. The van der Waals surface area contributed by atoms with Gasteiger partial charge in [0.2, 0.25) is 0 Å². The van der Waals surface area contributed by atoms with Crippen LogP contribution in [0.2, 0.25) is 5.02 Å². The van der Waals surface area contributed by atoms with Crippen molar-refractivity contribution >= 4 is 40.8 Å². The van der Waals surface area contributed by atoms with Crippen molar-refractivity contribution in [2.75, 3.05) is 5.32 Å². The quantitative estimate of drug-likeness (QED) is 0.511. The van der Waals surface area contributed by atoms with Crippen molar-refractivity contribution in [3.05, 3.63) is 76.0 Å². The van der Waals surface area contributed by atoms with E-state index < -0.39 is 23.6 Å². The van der Waals surface area contributed by atoms with E-state index in [0.717, 1.165) is 12.1 Å². The number of nitrogens with one attached hydrogen (secondary N) is 1. The molecule has 152 valence electrons. The number of carbonyl (C=O) groups is 2. The lowest BCUT2D eigenvalue weighted by Crippen LogP contribution is -2.06. The highest BCUT2D eigenvalue weighted by Gasteiger charge is 2.33. The minimum Gasteiger partial charge on any atom is -0.478 e. The summed E-state index contributed by atoms with van der Waals surface area (Å²) < 4.78 is 44.3. The largest absolute Gasteiger partial charge is 0.478 e. The highest BCUT2D eigenvalue weighted by Crippen LogP contribution is 2.38. The fourth-order valence-corrected chi connectivity index (χ4v) is 3.28. The van der Waals surface area contributed by atoms with E-state index in [9.17, 15) is 27.9 Å². The molecule has 2 N–H and O–H groups in total. The molecule has 9 heteroatoms. The molecule has 2 aromatic carbocycles. The van der Waals surface area contributed by atoms with Crippen molar-refractivity contribution in [1.29, 1.82) is 0 Å². The monoisotopic (exact) mass is 433 g/mol. The second kappa shape index (κ2) is 7.07. The van der Waals surface area contributed by atoms with Gasteiger partial charge in [-0.1, -0.05) is 17.7 Å². The first-order valence-electron chi connectivity index (χ1n) is 8.51. The number of carboxylic acids is 1. The van der Waals surface area contributed by atoms with Crippen LogP contribution in [0.1, 0.15) is 27.2 Å². The average molecular weight is 434 g/mol. The van der Waals surface area contributed by atoms with Crippen molar-refractivity contribution in [1.82, 2.24) is 0 Å². The molecule has 5 nitrogen and oxygen atoms in total. The number of amides is 1. The molecule has 1 aromatic heterocycles. The molecule has 0 atom stereocenters. The standard InChI is InChI=1S/C21H11ClF3NO4/c22-16-5-1-10(7-15(16)20(28)29)18-6-3-12(30-18)9-14-13-4-2-11(21(23,24)25)8-17(13)26-19(14)27/h1-9H,(H,26,27)(H,28,29)/b14-9+. The number of anilines is 1. The van der Waals surface area contributed by atoms with Crippen LogP contribution in [0.25, 0.3) is 23.0 Å². The molecule has 3 aromatic rings. The zero-order valence-corrected chi connectivity index (χ0v) is 15.6. The van der Waals surface area contributed by atoms with E-state index in [0.29, 0.717) is 16.9 Å². The first-order valence-corrected chi connectivity index (χ1v) is 8.89. The van der Waals surface area contributed by atoms with Crippen LogP contribution in [0, 0.1) is 0 Å². The van der Waals surface area contributed by atoms with Gasteiger partial charge in [0.25, 0.3) is 5.91 Å². The lowest BCUT2D eigenvalue weighted by Gasteiger charge is -2.07. The zero-order chi connectivity index (χ0) is 21.6. The summed E-state index contributed by atoms with van der Waals surface area (Å²) in [6, 6.07) is 10.5. The fourth-order valence-electron chi connectivity index (χ4n) is 3.08. The normalized spacial score (nSPS) is 14.7. The Hall–Kier alpha value is -3.52.